The van der Waals surface area contributed by atoms with E-state index in [0.717, 1.165) is 15.0 Å². The van der Waals surface area contributed by atoms with Gasteiger partial charge in [0.25, 0.3) is 10.7 Å². The molecule has 0 spiro atoms. The number of hydrogen-bond donors (Lipinski definition) is 0. The van der Waals surface area contributed by atoms with E-state index in [9.17, 15) is 4.39 Å². The number of benzene rings is 1. The molecule has 3 nitrogen and oxygen atoms in total. The third-order valence-corrected chi connectivity index (χ3v) is 3.50. The molecule has 0 bridgehead atoms. The number of aromatic nitrogens is 2. The summed E-state index contributed by atoms with van der Waals surface area (Å²) in [5, 5.41) is 8.54. The van der Waals surface area contributed by atoms with E-state index in [1.807, 2.05) is 6.07 Å². The van der Waals surface area contributed by atoms with Crippen LogP contribution in [0.15, 0.2) is 33.5 Å². The fourth-order valence-electron chi connectivity index (χ4n) is 1.42. The summed E-state index contributed by atoms with van der Waals surface area (Å²) in [5.41, 5.74) is 0. The largest absolute Gasteiger partial charge is 0.410 e. The lowest BCUT2D eigenvalue weighted by Gasteiger charge is -1.86. The molecule has 0 aliphatic rings. The molecule has 0 aliphatic heterocycles. The van der Waals surface area contributed by atoms with E-state index in [0.29, 0.717) is 10.7 Å². The molecule has 0 unspecified atom stereocenters. The van der Waals surface area contributed by atoms with Crippen LogP contribution in [0.3, 0.4) is 0 Å². The lowest BCUT2D eigenvalue weighted by molar-refractivity contribution is 0.541. The zero-order chi connectivity index (χ0) is 11.1. The number of hydrogen-bond acceptors (Lipinski definition) is 4. The zero-order valence-corrected chi connectivity index (χ0v) is 10.2. The molecule has 3 rings (SSSR count). The number of nitrogens with zero attached hydrogens (tertiary/aromatic N) is 2. The van der Waals surface area contributed by atoms with Gasteiger partial charge in [-0.1, -0.05) is 6.07 Å². The molecule has 2 aromatic heterocycles. The number of fused-ring (bicyclic) bond motifs is 1. The first kappa shape index (κ1) is 9.92. The van der Waals surface area contributed by atoms with Crippen LogP contribution in [-0.2, 0) is 0 Å². The summed E-state index contributed by atoms with van der Waals surface area (Å²) in [4.78, 5) is 1.17. The van der Waals surface area contributed by atoms with Crippen molar-refractivity contribution < 1.29 is 8.81 Å². The predicted molar refractivity (Wildman–Crippen MR) is 62.8 cm³/mol. The molecule has 0 amide bonds. The summed E-state index contributed by atoms with van der Waals surface area (Å²) in [7, 11) is 0. The smallest absolute Gasteiger partial charge is 0.285 e. The van der Waals surface area contributed by atoms with Crippen molar-refractivity contribution in [1.29, 1.82) is 0 Å². The minimum atomic E-state index is -0.243. The van der Waals surface area contributed by atoms with Crippen LogP contribution in [0.25, 0.3) is 20.9 Å². The van der Waals surface area contributed by atoms with E-state index in [1.54, 1.807) is 6.07 Å². The average molecular weight is 299 g/mol. The van der Waals surface area contributed by atoms with E-state index < -0.39 is 0 Å². The van der Waals surface area contributed by atoms with Gasteiger partial charge in [-0.3, -0.25) is 0 Å². The third-order valence-electron chi connectivity index (χ3n) is 2.09. The molecule has 3 aromatic rings. The summed E-state index contributed by atoms with van der Waals surface area (Å²) < 4.78 is 19.1. The van der Waals surface area contributed by atoms with Crippen molar-refractivity contribution in [2.45, 2.75) is 0 Å². The topological polar surface area (TPSA) is 38.9 Å². The molecule has 2 heterocycles. The highest BCUT2D eigenvalue weighted by atomic mass is 79.9. The van der Waals surface area contributed by atoms with Crippen LogP contribution in [-0.4, -0.2) is 10.2 Å². The first-order chi connectivity index (χ1) is 7.72. The van der Waals surface area contributed by atoms with Gasteiger partial charge in [0, 0.05) is 20.6 Å². The van der Waals surface area contributed by atoms with Crippen molar-refractivity contribution >= 4 is 37.4 Å². The summed E-state index contributed by atoms with van der Waals surface area (Å²) in [6.45, 7) is 0. The molecule has 0 saturated carbocycles. The average Bonchev–Trinajstić information content (AvgIpc) is 2.83. The Morgan fingerprint density at radius 3 is 2.88 bits per heavy atom. The first-order valence-corrected chi connectivity index (χ1v) is 6.02. The minimum absolute atomic E-state index is 0.243. The summed E-state index contributed by atoms with van der Waals surface area (Å²) in [6.07, 6.45) is 0. The Kier molecular flexibility index (Phi) is 2.26. The van der Waals surface area contributed by atoms with Gasteiger partial charge in [-0.15, -0.1) is 21.5 Å². The van der Waals surface area contributed by atoms with Gasteiger partial charge < -0.3 is 4.42 Å². The Hall–Kier alpha value is -1.27. The van der Waals surface area contributed by atoms with Crippen LogP contribution in [0.2, 0.25) is 0 Å². The highest BCUT2D eigenvalue weighted by Crippen LogP contribution is 2.33. The molecule has 0 N–H and O–H groups in total. The Morgan fingerprint density at radius 2 is 2.12 bits per heavy atom. The van der Waals surface area contributed by atoms with Gasteiger partial charge in [0.05, 0.1) is 4.88 Å². The maximum Gasteiger partial charge on any atom is 0.285 e. The van der Waals surface area contributed by atoms with Crippen molar-refractivity contribution in [3.8, 4) is 10.8 Å². The summed E-state index contributed by atoms with van der Waals surface area (Å²) in [6, 6.07) is 6.56. The Morgan fingerprint density at radius 1 is 1.25 bits per heavy atom. The van der Waals surface area contributed by atoms with Crippen molar-refractivity contribution in [3.63, 3.8) is 0 Å². The lowest BCUT2D eigenvalue weighted by atomic mass is 10.2. The van der Waals surface area contributed by atoms with Gasteiger partial charge in [0.2, 0.25) is 0 Å². The summed E-state index contributed by atoms with van der Waals surface area (Å²) in [5.74, 6) is 0.195. The van der Waals surface area contributed by atoms with Gasteiger partial charge in [-0.05, 0) is 23.6 Å². The molecule has 0 atom stereocenters. The van der Waals surface area contributed by atoms with E-state index in [4.69, 9.17) is 4.42 Å². The highest BCUT2D eigenvalue weighted by Gasteiger charge is 2.10. The van der Waals surface area contributed by atoms with Crippen LogP contribution in [0, 0.1) is 5.82 Å². The lowest BCUT2D eigenvalue weighted by Crippen LogP contribution is -1.70. The molecule has 0 saturated heterocycles. The normalized spacial score (nSPS) is 11.1. The highest BCUT2D eigenvalue weighted by molar-refractivity contribution is 9.10. The van der Waals surface area contributed by atoms with E-state index in [2.05, 4.69) is 26.1 Å². The molecule has 1 aromatic carbocycles. The molecular weight excluding hydrogens is 295 g/mol. The molecule has 0 fully saturated rings. The predicted octanol–water partition coefficient (Wildman–Crippen LogP) is 3.85. The molecule has 80 valence electrons. The Bertz CT molecular complexity index is 664. The van der Waals surface area contributed by atoms with Crippen LogP contribution in [0.4, 0.5) is 4.39 Å². The van der Waals surface area contributed by atoms with Gasteiger partial charge in [-0.2, -0.15) is 0 Å². The third kappa shape index (κ3) is 1.64. The van der Waals surface area contributed by atoms with Crippen molar-refractivity contribution in [2.75, 3.05) is 0 Å². The number of rotatable bonds is 1. The van der Waals surface area contributed by atoms with Crippen LogP contribution >= 0.6 is 27.3 Å². The van der Waals surface area contributed by atoms with Crippen LogP contribution in [0.5, 0.6) is 0 Å². The van der Waals surface area contributed by atoms with Crippen molar-refractivity contribution in [1.82, 2.24) is 10.2 Å². The second kappa shape index (κ2) is 3.64. The van der Waals surface area contributed by atoms with Gasteiger partial charge in [0.1, 0.15) is 5.82 Å². The summed E-state index contributed by atoms with van der Waals surface area (Å²) >= 11 is 4.51. The second-order valence-corrected chi connectivity index (χ2v) is 4.92. The maximum absolute atomic E-state index is 13.0. The Balaban J connectivity index is 2.18. The van der Waals surface area contributed by atoms with Gasteiger partial charge in [0.15, 0.2) is 0 Å². The van der Waals surface area contributed by atoms with Crippen molar-refractivity contribution in [2.24, 2.45) is 0 Å². The van der Waals surface area contributed by atoms with Crippen molar-refractivity contribution in [3.05, 3.63) is 34.9 Å². The molecular formula is C10H4BrFN2OS. The zero-order valence-electron chi connectivity index (χ0n) is 7.78. The fraction of sp³-hybridized carbons (Fsp3) is 0. The SMILES string of the molecule is Fc1ccc2cc(-c3nnc(Br)o3)sc2c1. The number of halogens is 2. The van der Waals surface area contributed by atoms with E-state index >= 15 is 0 Å². The van der Waals surface area contributed by atoms with Gasteiger partial charge >= 0.3 is 0 Å². The first-order valence-electron chi connectivity index (χ1n) is 4.41. The fourth-order valence-corrected chi connectivity index (χ4v) is 2.66. The Labute approximate surface area is 102 Å². The van der Waals surface area contributed by atoms with Gasteiger partial charge in [-0.25, -0.2) is 4.39 Å². The maximum atomic E-state index is 13.0. The van der Waals surface area contributed by atoms with E-state index in [1.165, 1.54) is 23.5 Å². The van der Waals surface area contributed by atoms with Crippen LogP contribution < -0.4 is 0 Å². The van der Waals surface area contributed by atoms with Crippen LogP contribution in [0.1, 0.15) is 0 Å². The monoisotopic (exact) mass is 298 g/mol. The molecule has 6 heteroatoms. The molecule has 16 heavy (non-hydrogen) atoms. The standard InChI is InChI=1S/C10H4BrFN2OS/c11-10-14-13-9(15-10)8-3-5-1-2-6(12)4-7(5)16-8/h1-4H. The van der Waals surface area contributed by atoms with E-state index in [-0.39, 0.29) is 5.82 Å². The molecule has 0 aliphatic carbocycles. The number of thiophene rings is 1. The minimum Gasteiger partial charge on any atom is -0.410 e. The quantitative estimate of drug-likeness (QED) is 0.685. The second-order valence-electron chi connectivity index (χ2n) is 3.15. The molecule has 0 radical (unpaired) electrons.